The Bertz CT molecular complexity index is 902. The Morgan fingerprint density at radius 3 is 2.39 bits per heavy atom. The van der Waals surface area contributed by atoms with E-state index in [0.29, 0.717) is 30.3 Å². The summed E-state index contributed by atoms with van der Waals surface area (Å²) in [5.41, 5.74) is 2.26. The summed E-state index contributed by atoms with van der Waals surface area (Å²) in [6, 6.07) is 15.2. The molecule has 28 heavy (non-hydrogen) atoms. The number of ether oxygens (including phenoxy) is 2. The number of nitrogens with zero attached hydrogens (tertiary/aromatic N) is 1. The molecular weight excluding hydrogens is 372 g/mol. The number of hydrogen-bond acceptors (Lipinski definition) is 5. The van der Waals surface area contributed by atoms with E-state index in [4.69, 9.17) is 9.47 Å². The smallest absolute Gasteiger partial charge is 0.275 e. The van der Waals surface area contributed by atoms with Gasteiger partial charge in [0.15, 0.2) is 0 Å². The van der Waals surface area contributed by atoms with Crippen molar-refractivity contribution in [1.29, 1.82) is 0 Å². The fraction of sp³-hybridized carbons (Fsp3) is 0.273. The van der Waals surface area contributed by atoms with E-state index >= 15 is 0 Å². The van der Waals surface area contributed by atoms with Crippen molar-refractivity contribution in [3.63, 3.8) is 0 Å². The first-order valence-electron chi connectivity index (χ1n) is 9.15. The van der Waals surface area contributed by atoms with Gasteiger partial charge >= 0.3 is 0 Å². The quantitative estimate of drug-likeness (QED) is 0.580. The van der Waals surface area contributed by atoms with Crippen molar-refractivity contribution in [2.45, 2.75) is 20.3 Å². The van der Waals surface area contributed by atoms with Crippen LogP contribution in [0.15, 0.2) is 53.9 Å². The van der Waals surface area contributed by atoms with Crippen molar-refractivity contribution < 1.29 is 14.3 Å². The van der Waals surface area contributed by atoms with E-state index in [1.807, 2.05) is 48.5 Å². The molecule has 1 amide bonds. The van der Waals surface area contributed by atoms with Crippen molar-refractivity contribution in [1.82, 2.24) is 4.98 Å². The molecule has 0 saturated heterocycles. The molecule has 1 N–H and O–H groups in total. The summed E-state index contributed by atoms with van der Waals surface area (Å²) in [4.78, 5) is 16.9. The molecule has 0 saturated carbocycles. The average Bonchev–Trinajstić information content (AvgIpc) is 3.16. The number of amides is 1. The molecule has 1 aromatic heterocycles. The molecule has 0 bridgehead atoms. The highest BCUT2D eigenvalue weighted by Crippen LogP contribution is 2.20. The lowest BCUT2D eigenvalue weighted by Gasteiger charge is -2.09. The Kier molecular flexibility index (Phi) is 6.66. The molecule has 0 aliphatic carbocycles. The van der Waals surface area contributed by atoms with Gasteiger partial charge in [-0.3, -0.25) is 4.79 Å². The van der Waals surface area contributed by atoms with E-state index in [-0.39, 0.29) is 5.91 Å². The van der Waals surface area contributed by atoms with Crippen molar-refractivity contribution in [3.05, 3.63) is 70.2 Å². The van der Waals surface area contributed by atoms with Crippen molar-refractivity contribution in [2.24, 2.45) is 5.92 Å². The summed E-state index contributed by atoms with van der Waals surface area (Å²) in [7, 11) is 1.65. The number of carbonyl (C=O) groups excluding carboxylic acids is 1. The average molecular weight is 397 g/mol. The Labute approximate surface area is 169 Å². The number of anilines is 1. The summed E-state index contributed by atoms with van der Waals surface area (Å²) in [5, 5.41) is 5.56. The standard InChI is InChI=1S/C22H24N2O3S/c1-15(2)13-27-19-10-6-17(7-11-19)23-22(25)20-14-28-21(24-20)12-16-4-8-18(26-3)9-5-16/h4-11,14-15H,12-13H2,1-3H3,(H,23,25). The van der Waals surface area contributed by atoms with Gasteiger partial charge in [-0.15, -0.1) is 11.3 Å². The highest BCUT2D eigenvalue weighted by atomic mass is 32.1. The number of methoxy groups -OCH3 is 1. The first-order chi connectivity index (χ1) is 13.5. The normalized spacial score (nSPS) is 10.7. The third kappa shape index (κ3) is 5.57. The van der Waals surface area contributed by atoms with E-state index in [0.717, 1.165) is 22.1 Å². The molecule has 0 unspecified atom stereocenters. The molecule has 0 aliphatic rings. The molecule has 0 radical (unpaired) electrons. The lowest BCUT2D eigenvalue weighted by molar-refractivity contribution is 0.102. The Morgan fingerprint density at radius 1 is 1.07 bits per heavy atom. The highest BCUT2D eigenvalue weighted by Gasteiger charge is 2.12. The Hall–Kier alpha value is -2.86. The van der Waals surface area contributed by atoms with Gasteiger partial charge < -0.3 is 14.8 Å². The van der Waals surface area contributed by atoms with Gasteiger partial charge in [-0.1, -0.05) is 26.0 Å². The topological polar surface area (TPSA) is 60.5 Å². The fourth-order valence-electron chi connectivity index (χ4n) is 2.51. The third-order valence-electron chi connectivity index (χ3n) is 3.99. The first-order valence-corrected chi connectivity index (χ1v) is 10.0. The SMILES string of the molecule is COc1ccc(Cc2nc(C(=O)Nc3ccc(OCC(C)C)cc3)cs2)cc1. The predicted molar refractivity (Wildman–Crippen MR) is 113 cm³/mol. The second kappa shape index (κ2) is 9.37. The monoisotopic (exact) mass is 396 g/mol. The molecule has 0 fully saturated rings. The number of aromatic nitrogens is 1. The van der Waals surface area contributed by atoms with Crippen molar-refractivity contribution >= 4 is 22.9 Å². The van der Waals surface area contributed by atoms with Gasteiger partial charge in [0.25, 0.3) is 5.91 Å². The molecule has 5 nitrogen and oxygen atoms in total. The third-order valence-corrected chi connectivity index (χ3v) is 4.84. The van der Waals surface area contributed by atoms with Gasteiger partial charge in [-0.05, 0) is 47.9 Å². The van der Waals surface area contributed by atoms with E-state index < -0.39 is 0 Å². The maximum atomic E-state index is 12.4. The summed E-state index contributed by atoms with van der Waals surface area (Å²) >= 11 is 1.48. The van der Waals surface area contributed by atoms with Gasteiger partial charge in [0, 0.05) is 17.5 Å². The maximum Gasteiger partial charge on any atom is 0.275 e. The van der Waals surface area contributed by atoms with E-state index in [1.54, 1.807) is 12.5 Å². The van der Waals surface area contributed by atoms with Crippen molar-refractivity contribution in [3.8, 4) is 11.5 Å². The van der Waals surface area contributed by atoms with Crippen LogP contribution in [-0.2, 0) is 6.42 Å². The van der Waals surface area contributed by atoms with Crippen LogP contribution in [0, 0.1) is 5.92 Å². The summed E-state index contributed by atoms with van der Waals surface area (Å²) in [6.07, 6.45) is 0.684. The van der Waals surface area contributed by atoms with Crippen LogP contribution >= 0.6 is 11.3 Å². The largest absolute Gasteiger partial charge is 0.497 e. The van der Waals surface area contributed by atoms with Crippen LogP contribution in [0.3, 0.4) is 0 Å². The van der Waals surface area contributed by atoms with Gasteiger partial charge in [0.05, 0.1) is 18.7 Å². The minimum atomic E-state index is -0.215. The van der Waals surface area contributed by atoms with Gasteiger partial charge in [0.1, 0.15) is 17.2 Å². The molecule has 6 heteroatoms. The number of hydrogen-bond donors (Lipinski definition) is 1. The minimum absolute atomic E-state index is 0.215. The number of thiazole rings is 1. The maximum absolute atomic E-state index is 12.4. The molecule has 0 aliphatic heterocycles. The predicted octanol–water partition coefficient (Wildman–Crippen LogP) is 5.03. The van der Waals surface area contributed by atoms with Crippen LogP contribution < -0.4 is 14.8 Å². The molecule has 0 spiro atoms. The fourth-order valence-corrected chi connectivity index (χ4v) is 3.32. The van der Waals surface area contributed by atoms with Gasteiger partial charge in [-0.25, -0.2) is 4.98 Å². The summed E-state index contributed by atoms with van der Waals surface area (Å²) < 4.78 is 10.8. The molecule has 0 atom stereocenters. The lowest BCUT2D eigenvalue weighted by Crippen LogP contribution is -2.12. The lowest BCUT2D eigenvalue weighted by atomic mass is 10.1. The zero-order chi connectivity index (χ0) is 19.9. The van der Waals surface area contributed by atoms with Crippen LogP contribution in [0.1, 0.15) is 34.9 Å². The molecule has 3 rings (SSSR count). The van der Waals surface area contributed by atoms with E-state index in [2.05, 4.69) is 24.1 Å². The van der Waals surface area contributed by atoms with E-state index in [1.165, 1.54) is 11.3 Å². The molecule has 2 aromatic carbocycles. The van der Waals surface area contributed by atoms with Crippen LogP contribution in [0.25, 0.3) is 0 Å². The van der Waals surface area contributed by atoms with Crippen LogP contribution in [0.5, 0.6) is 11.5 Å². The summed E-state index contributed by atoms with van der Waals surface area (Å²) in [5.74, 6) is 1.87. The number of carbonyl (C=O) groups is 1. The number of nitrogens with one attached hydrogen (secondary N) is 1. The molecule has 3 aromatic rings. The highest BCUT2D eigenvalue weighted by molar-refractivity contribution is 7.09. The number of benzene rings is 2. The van der Waals surface area contributed by atoms with Gasteiger partial charge in [0.2, 0.25) is 0 Å². The van der Waals surface area contributed by atoms with Gasteiger partial charge in [-0.2, -0.15) is 0 Å². The number of rotatable bonds is 8. The second-order valence-corrected chi connectivity index (χ2v) is 7.78. The van der Waals surface area contributed by atoms with Crippen LogP contribution in [-0.4, -0.2) is 24.6 Å². The molecular formula is C22H24N2O3S. The summed E-state index contributed by atoms with van der Waals surface area (Å²) in [6.45, 7) is 4.87. The second-order valence-electron chi connectivity index (χ2n) is 6.83. The zero-order valence-electron chi connectivity index (χ0n) is 16.3. The minimum Gasteiger partial charge on any atom is -0.497 e. The van der Waals surface area contributed by atoms with Crippen LogP contribution in [0.4, 0.5) is 5.69 Å². The molecule has 1 heterocycles. The Morgan fingerprint density at radius 2 is 1.75 bits per heavy atom. The zero-order valence-corrected chi connectivity index (χ0v) is 17.1. The van der Waals surface area contributed by atoms with Crippen LogP contribution in [0.2, 0.25) is 0 Å². The van der Waals surface area contributed by atoms with E-state index in [9.17, 15) is 4.79 Å². The van der Waals surface area contributed by atoms with Crippen molar-refractivity contribution in [2.75, 3.05) is 19.0 Å². The molecule has 146 valence electrons. The first kappa shape index (κ1) is 19.9. The Balaban J connectivity index is 1.57.